The molecule has 3 N–H and O–H groups in total. The Morgan fingerprint density at radius 2 is 2.29 bits per heavy atom. The lowest BCUT2D eigenvalue weighted by atomic mass is 9.99. The zero-order chi connectivity index (χ0) is 12.4. The second-order valence-electron chi connectivity index (χ2n) is 5.17. The van der Waals surface area contributed by atoms with E-state index in [0.29, 0.717) is 18.5 Å². The normalized spacial score (nSPS) is 22.7. The van der Waals surface area contributed by atoms with Crippen molar-refractivity contribution in [3.05, 3.63) is 17.0 Å². The van der Waals surface area contributed by atoms with Crippen LogP contribution in [0.15, 0.2) is 0 Å². The molecule has 17 heavy (non-hydrogen) atoms. The Bertz CT molecular complexity index is 377. The number of nitrogens with two attached hydrogens (primary N) is 1. The van der Waals surface area contributed by atoms with E-state index in [1.54, 1.807) is 0 Å². The van der Waals surface area contributed by atoms with E-state index in [2.05, 4.69) is 30.8 Å². The third kappa shape index (κ3) is 2.38. The van der Waals surface area contributed by atoms with Crippen molar-refractivity contribution < 1.29 is 0 Å². The topological polar surface area (TPSA) is 55.9 Å². The molecule has 0 spiro atoms. The highest BCUT2D eigenvalue weighted by Gasteiger charge is 2.22. The first-order valence-corrected chi connectivity index (χ1v) is 6.61. The van der Waals surface area contributed by atoms with Crippen LogP contribution in [-0.4, -0.2) is 29.4 Å². The number of rotatable bonds is 3. The van der Waals surface area contributed by atoms with Gasteiger partial charge in [-0.1, -0.05) is 6.92 Å². The van der Waals surface area contributed by atoms with Crippen molar-refractivity contribution in [2.75, 3.05) is 19.6 Å². The number of nitrogens with one attached hydrogen (secondary N) is 1. The van der Waals surface area contributed by atoms with Crippen LogP contribution in [0.3, 0.4) is 0 Å². The van der Waals surface area contributed by atoms with Gasteiger partial charge in [0, 0.05) is 17.8 Å². The predicted octanol–water partition coefficient (Wildman–Crippen LogP) is 1.49. The van der Waals surface area contributed by atoms with Crippen LogP contribution in [0, 0.1) is 13.8 Å². The molecule has 0 amide bonds. The molecule has 96 valence electrons. The molecule has 1 fully saturated rings. The van der Waals surface area contributed by atoms with Crippen LogP contribution in [0.2, 0.25) is 0 Å². The summed E-state index contributed by atoms with van der Waals surface area (Å²) in [5.41, 5.74) is 9.57. The van der Waals surface area contributed by atoms with E-state index < -0.39 is 0 Å². The molecule has 2 unspecified atom stereocenters. The van der Waals surface area contributed by atoms with Gasteiger partial charge in [0.2, 0.25) is 0 Å². The molecule has 4 nitrogen and oxygen atoms in total. The SMILES string of the molecule is Cc1nn(C2CCCNC2)c(C)c1C(C)CN. The molecular formula is C13H24N4. The minimum absolute atomic E-state index is 0.403. The van der Waals surface area contributed by atoms with Gasteiger partial charge in [-0.2, -0.15) is 5.10 Å². The lowest BCUT2D eigenvalue weighted by molar-refractivity contribution is 0.340. The lowest BCUT2D eigenvalue weighted by Crippen LogP contribution is -2.32. The van der Waals surface area contributed by atoms with Gasteiger partial charge >= 0.3 is 0 Å². The Morgan fingerprint density at radius 3 is 2.88 bits per heavy atom. The smallest absolute Gasteiger partial charge is 0.0647 e. The second kappa shape index (κ2) is 5.19. The number of hydrogen-bond acceptors (Lipinski definition) is 3. The number of aryl methyl sites for hydroxylation is 1. The first-order valence-electron chi connectivity index (χ1n) is 6.61. The number of nitrogens with zero attached hydrogens (tertiary/aromatic N) is 2. The lowest BCUT2D eigenvalue weighted by Gasteiger charge is -2.24. The van der Waals surface area contributed by atoms with Crippen molar-refractivity contribution in [1.82, 2.24) is 15.1 Å². The summed E-state index contributed by atoms with van der Waals surface area (Å²) in [5.74, 6) is 0.403. The van der Waals surface area contributed by atoms with Crippen molar-refractivity contribution in [1.29, 1.82) is 0 Å². The Kier molecular flexibility index (Phi) is 3.84. The van der Waals surface area contributed by atoms with Gasteiger partial charge in [0.15, 0.2) is 0 Å². The summed E-state index contributed by atoms with van der Waals surface area (Å²) < 4.78 is 2.21. The van der Waals surface area contributed by atoms with Crippen LogP contribution in [-0.2, 0) is 0 Å². The van der Waals surface area contributed by atoms with Crippen LogP contribution < -0.4 is 11.1 Å². The standard InChI is InChI=1S/C13H24N4/c1-9(7-14)13-10(2)16-17(11(13)3)12-5-4-6-15-8-12/h9,12,15H,4-8,14H2,1-3H3. The molecule has 4 heteroatoms. The Labute approximate surface area is 104 Å². The van der Waals surface area contributed by atoms with E-state index in [9.17, 15) is 0 Å². The maximum absolute atomic E-state index is 5.78. The van der Waals surface area contributed by atoms with Gasteiger partial charge in [0.05, 0.1) is 11.7 Å². The number of aromatic nitrogens is 2. The van der Waals surface area contributed by atoms with Gasteiger partial charge in [0.25, 0.3) is 0 Å². The van der Waals surface area contributed by atoms with E-state index in [0.717, 1.165) is 18.8 Å². The van der Waals surface area contributed by atoms with Gasteiger partial charge in [-0.15, -0.1) is 0 Å². The third-order valence-corrected chi connectivity index (χ3v) is 3.84. The summed E-state index contributed by atoms with van der Waals surface area (Å²) in [6.07, 6.45) is 2.47. The Morgan fingerprint density at radius 1 is 1.53 bits per heavy atom. The van der Waals surface area contributed by atoms with E-state index in [4.69, 9.17) is 10.8 Å². The summed E-state index contributed by atoms with van der Waals surface area (Å²) >= 11 is 0. The molecule has 0 bridgehead atoms. The molecule has 1 aliphatic heterocycles. The molecule has 0 aliphatic carbocycles. The maximum Gasteiger partial charge on any atom is 0.0647 e. The van der Waals surface area contributed by atoms with Crippen molar-refractivity contribution in [2.45, 2.75) is 45.6 Å². The largest absolute Gasteiger partial charge is 0.330 e. The average molecular weight is 236 g/mol. The van der Waals surface area contributed by atoms with E-state index in [-0.39, 0.29) is 0 Å². The van der Waals surface area contributed by atoms with Crippen molar-refractivity contribution in [3.8, 4) is 0 Å². The summed E-state index contributed by atoms with van der Waals surface area (Å²) in [5, 5.41) is 8.17. The number of piperidine rings is 1. The van der Waals surface area contributed by atoms with Crippen LogP contribution in [0.25, 0.3) is 0 Å². The quantitative estimate of drug-likeness (QED) is 0.836. The molecule has 2 rings (SSSR count). The van der Waals surface area contributed by atoms with Crippen LogP contribution in [0.5, 0.6) is 0 Å². The van der Waals surface area contributed by atoms with E-state index in [1.807, 2.05) is 0 Å². The van der Waals surface area contributed by atoms with Gasteiger partial charge in [-0.3, -0.25) is 4.68 Å². The highest BCUT2D eigenvalue weighted by molar-refractivity contribution is 5.29. The highest BCUT2D eigenvalue weighted by atomic mass is 15.3. The fraction of sp³-hybridized carbons (Fsp3) is 0.769. The fourth-order valence-corrected chi connectivity index (χ4v) is 2.90. The molecule has 2 atom stereocenters. The number of hydrogen-bond donors (Lipinski definition) is 2. The zero-order valence-electron chi connectivity index (χ0n) is 11.2. The average Bonchev–Trinajstić information content (AvgIpc) is 2.65. The first kappa shape index (κ1) is 12.6. The molecule has 1 aliphatic rings. The van der Waals surface area contributed by atoms with Crippen LogP contribution in [0.4, 0.5) is 0 Å². The van der Waals surface area contributed by atoms with Crippen molar-refractivity contribution in [3.63, 3.8) is 0 Å². The summed E-state index contributed by atoms with van der Waals surface area (Å²) in [7, 11) is 0. The first-order chi connectivity index (χ1) is 8.15. The fourth-order valence-electron chi connectivity index (χ4n) is 2.90. The molecule has 0 aromatic carbocycles. The molecule has 1 saturated heterocycles. The van der Waals surface area contributed by atoms with Crippen molar-refractivity contribution >= 4 is 0 Å². The molecular weight excluding hydrogens is 212 g/mol. The van der Waals surface area contributed by atoms with Gasteiger partial charge in [0.1, 0.15) is 0 Å². The Hall–Kier alpha value is -0.870. The predicted molar refractivity (Wildman–Crippen MR) is 70.3 cm³/mol. The third-order valence-electron chi connectivity index (χ3n) is 3.84. The maximum atomic E-state index is 5.78. The molecule has 1 aromatic rings. The zero-order valence-corrected chi connectivity index (χ0v) is 11.2. The van der Waals surface area contributed by atoms with Gasteiger partial charge in [-0.25, -0.2) is 0 Å². The molecule has 0 saturated carbocycles. The van der Waals surface area contributed by atoms with Crippen LogP contribution in [0.1, 0.15) is 48.7 Å². The summed E-state index contributed by atoms with van der Waals surface area (Å²) in [6.45, 7) is 9.33. The highest BCUT2D eigenvalue weighted by Crippen LogP contribution is 2.26. The van der Waals surface area contributed by atoms with Gasteiger partial charge in [-0.05, 0) is 45.7 Å². The molecule has 0 radical (unpaired) electrons. The molecule has 2 heterocycles. The minimum Gasteiger partial charge on any atom is -0.330 e. The summed E-state index contributed by atoms with van der Waals surface area (Å²) in [6, 6.07) is 0.515. The monoisotopic (exact) mass is 236 g/mol. The minimum atomic E-state index is 0.403. The van der Waals surface area contributed by atoms with E-state index in [1.165, 1.54) is 24.1 Å². The second-order valence-corrected chi connectivity index (χ2v) is 5.17. The van der Waals surface area contributed by atoms with Gasteiger partial charge < -0.3 is 11.1 Å². The molecule has 1 aromatic heterocycles. The van der Waals surface area contributed by atoms with Crippen LogP contribution >= 0.6 is 0 Å². The van der Waals surface area contributed by atoms with E-state index >= 15 is 0 Å². The Balaban J connectivity index is 2.29. The van der Waals surface area contributed by atoms with Crippen molar-refractivity contribution in [2.24, 2.45) is 5.73 Å². The summed E-state index contributed by atoms with van der Waals surface area (Å²) in [4.78, 5) is 0.